The van der Waals surface area contributed by atoms with E-state index in [1.54, 1.807) is 6.08 Å². The van der Waals surface area contributed by atoms with Crippen LogP contribution in [0, 0.1) is 40.4 Å². The molecule has 0 saturated heterocycles. The van der Waals surface area contributed by atoms with Crippen molar-refractivity contribution in [1.29, 1.82) is 5.26 Å². The van der Waals surface area contributed by atoms with E-state index in [-0.39, 0.29) is 17.8 Å². The molecule has 0 amide bonds. The smallest absolute Gasteiger partial charge is 0.155 e. The van der Waals surface area contributed by atoms with Crippen LogP contribution in [0.5, 0.6) is 0 Å². The Balaban J connectivity index is 1.40. The van der Waals surface area contributed by atoms with Gasteiger partial charge in [-0.25, -0.2) is 0 Å². The van der Waals surface area contributed by atoms with Gasteiger partial charge in [0.1, 0.15) is 0 Å². The molecule has 2 aromatic carbocycles. The molecule has 0 unspecified atom stereocenters. The Morgan fingerprint density at radius 2 is 1.71 bits per heavy atom. The normalized spacial score (nSPS) is 36.2. The first-order valence-electron chi connectivity index (χ1n) is 14.2. The second-order valence-electron chi connectivity index (χ2n) is 12.3. The zero-order valence-electron chi connectivity index (χ0n) is 22.1. The van der Waals surface area contributed by atoms with Gasteiger partial charge in [-0.2, -0.15) is 5.26 Å². The minimum atomic E-state index is -0.912. The highest BCUT2D eigenvalue weighted by Crippen LogP contribution is 2.68. The highest BCUT2D eigenvalue weighted by molar-refractivity contribution is 5.91. The van der Waals surface area contributed by atoms with E-state index >= 15 is 0 Å². The molecule has 0 aliphatic heterocycles. The lowest BCUT2D eigenvalue weighted by molar-refractivity contribution is -0.117. The Morgan fingerprint density at radius 1 is 1.00 bits per heavy atom. The number of aliphatic hydroxyl groups is 2. The third-order valence-corrected chi connectivity index (χ3v) is 10.7. The first kappa shape index (κ1) is 25.3. The molecule has 4 aliphatic rings. The third kappa shape index (κ3) is 3.99. The van der Waals surface area contributed by atoms with Gasteiger partial charge < -0.3 is 10.2 Å². The van der Waals surface area contributed by atoms with Crippen LogP contribution in [0.3, 0.4) is 0 Å². The molecule has 0 heterocycles. The number of fused-ring (bicyclic) bond motifs is 5. The zero-order chi connectivity index (χ0) is 26.5. The number of allylic oxidation sites excluding steroid dienone is 1. The van der Waals surface area contributed by atoms with Gasteiger partial charge in [-0.15, -0.1) is 0 Å². The summed E-state index contributed by atoms with van der Waals surface area (Å²) in [5.41, 5.74) is 4.39. The van der Waals surface area contributed by atoms with E-state index < -0.39 is 5.60 Å². The van der Waals surface area contributed by atoms with E-state index in [0.717, 1.165) is 49.7 Å². The van der Waals surface area contributed by atoms with E-state index in [1.165, 1.54) is 11.1 Å². The molecule has 2 aromatic rings. The van der Waals surface area contributed by atoms with Gasteiger partial charge >= 0.3 is 0 Å². The van der Waals surface area contributed by atoms with Crippen molar-refractivity contribution in [2.24, 2.45) is 29.1 Å². The molecule has 3 fully saturated rings. The highest BCUT2D eigenvalue weighted by Gasteiger charge is 2.63. The molecule has 0 aromatic heterocycles. The van der Waals surface area contributed by atoms with Gasteiger partial charge in [-0.1, -0.05) is 61.0 Å². The first-order valence-corrected chi connectivity index (χ1v) is 14.2. The van der Waals surface area contributed by atoms with Crippen molar-refractivity contribution < 1.29 is 15.0 Å². The fourth-order valence-electron chi connectivity index (χ4n) is 8.87. The Morgan fingerprint density at radius 3 is 2.39 bits per heavy atom. The largest absolute Gasteiger partial charge is 0.392 e. The van der Waals surface area contributed by atoms with Crippen molar-refractivity contribution in [3.63, 3.8) is 0 Å². The Labute approximate surface area is 225 Å². The minimum absolute atomic E-state index is 0.0559. The second-order valence-corrected chi connectivity index (χ2v) is 12.3. The molecule has 0 radical (unpaired) electrons. The number of nitrogens with zero attached hydrogens (tertiary/aromatic N) is 1. The Hall–Kier alpha value is -3.00. The average molecular weight is 508 g/mol. The number of rotatable bonds is 4. The monoisotopic (exact) mass is 507 g/mol. The molecule has 4 heteroatoms. The molecule has 4 aliphatic carbocycles. The molecule has 7 atom stereocenters. The third-order valence-electron chi connectivity index (χ3n) is 10.7. The van der Waals surface area contributed by atoms with E-state index in [4.69, 9.17) is 5.26 Å². The van der Waals surface area contributed by atoms with E-state index in [1.807, 2.05) is 36.4 Å². The maximum Gasteiger partial charge on any atom is 0.155 e. The van der Waals surface area contributed by atoms with Crippen LogP contribution in [0.15, 0.2) is 72.3 Å². The van der Waals surface area contributed by atoms with Crippen molar-refractivity contribution in [2.45, 2.75) is 63.4 Å². The number of benzene rings is 2. The van der Waals surface area contributed by atoms with Crippen LogP contribution >= 0.6 is 0 Å². The Bertz CT molecular complexity index is 1320. The van der Waals surface area contributed by atoms with E-state index in [2.05, 4.69) is 37.3 Å². The topological polar surface area (TPSA) is 81.3 Å². The van der Waals surface area contributed by atoms with Gasteiger partial charge in [0.25, 0.3) is 0 Å². The lowest BCUT2D eigenvalue weighted by Gasteiger charge is -2.58. The second kappa shape index (κ2) is 9.63. The van der Waals surface area contributed by atoms with Gasteiger partial charge in [0.05, 0.1) is 23.8 Å². The lowest BCUT2D eigenvalue weighted by atomic mass is 9.46. The number of aliphatic hydroxyl groups excluding tert-OH is 1. The van der Waals surface area contributed by atoms with Crippen LogP contribution < -0.4 is 0 Å². The fraction of sp³-hybridized carbons (Fsp3) is 0.471. The van der Waals surface area contributed by atoms with Crippen LogP contribution in [0.1, 0.15) is 68.9 Å². The molecule has 196 valence electrons. The predicted molar refractivity (Wildman–Crippen MR) is 148 cm³/mol. The average Bonchev–Trinajstić information content (AvgIpc) is 3.21. The highest BCUT2D eigenvalue weighted by atomic mass is 16.3. The van der Waals surface area contributed by atoms with Gasteiger partial charge in [0.15, 0.2) is 5.78 Å². The van der Waals surface area contributed by atoms with Crippen LogP contribution in [0.25, 0.3) is 11.1 Å². The number of carbonyl (C=O) groups is 1. The summed E-state index contributed by atoms with van der Waals surface area (Å²) in [5, 5.41) is 30.6. The van der Waals surface area contributed by atoms with Gasteiger partial charge in [0.2, 0.25) is 0 Å². The molecule has 2 N–H and O–H groups in total. The molecule has 0 bridgehead atoms. The maximum atomic E-state index is 12.3. The van der Waals surface area contributed by atoms with Crippen LogP contribution in [0.4, 0.5) is 0 Å². The van der Waals surface area contributed by atoms with Crippen LogP contribution in [-0.4, -0.2) is 28.2 Å². The summed E-state index contributed by atoms with van der Waals surface area (Å²) in [6.07, 6.45) is 11.9. The number of ketones is 1. The maximum absolute atomic E-state index is 12.3. The molecular formula is C34H37NO3. The number of hydrogen-bond acceptors (Lipinski definition) is 4. The van der Waals surface area contributed by atoms with Crippen molar-refractivity contribution in [1.82, 2.24) is 0 Å². The first-order chi connectivity index (χ1) is 18.4. The summed E-state index contributed by atoms with van der Waals surface area (Å²) in [6, 6.07) is 18.8. The summed E-state index contributed by atoms with van der Waals surface area (Å²) in [5.74, 6) is 2.46. The summed E-state index contributed by atoms with van der Waals surface area (Å²) in [6.45, 7) is 2.23. The van der Waals surface area contributed by atoms with Crippen molar-refractivity contribution >= 4 is 5.78 Å². The molecule has 38 heavy (non-hydrogen) atoms. The Kier molecular flexibility index (Phi) is 6.41. The quantitative estimate of drug-likeness (QED) is 0.473. The fourth-order valence-corrected chi connectivity index (χ4v) is 8.87. The molecular weight excluding hydrogens is 470 g/mol. The zero-order valence-corrected chi connectivity index (χ0v) is 22.1. The minimum Gasteiger partial charge on any atom is -0.392 e. The number of nitriles is 1. The standard InChI is InChI=1S/C34H37NO3/c1-33-20-30(25-9-7-24(8-10-25)23-5-3-22(21-35)4-6-23)32-28-14-12-27(37)19-26(28)11-13-29(32)31(33)15-17-34(33,38)16-2-18-36/h2-10,16,19,28-32,36,38H,11-15,17-18,20H2,1H3/b16-2+/t28-,29-,30+,31+,32+,33-,34+/m0/s1. The number of carbonyl (C=O) groups excluding carboxylic acids is 1. The van der Waals surface area contributed by atoms with E-state index in [0.29, 0.717) is 41.6 Å². The summed E-state index contributed by atoms with van der Waals surface area (Å²) >= 11 is 0. The van der Waals surface area contributed by atoms with Crippen LogP contribution in [-0.2, 0) is 4.79 Å². The molecule has 4 nitrogen and oxygen atoms in total. The van der Waals surface area contributed by atoms with Gasteiger partial charge in [-0.3, -0.25) is 4.79 Å². The van der Waals surface area contributed by atoms with Gasteiger partial charge in [0, 0.05) is 11.8 Å². The van der Waals surface area contributed by atoms with Crippen LogP contribution in [0.2, 0.25) is 0 Å². The lowest BCUT2D eigenvalue weighted by Crippen LogP contribution is -2.54. The molecule has 3 saturated carbocycles. The van der Waals surface area contributed by atoms with Crippen molar-refractivity contribution in [3.8, 4) is 17.2 Å². The number of hydrogen-bond donors (Lipinski definition) is 2. The summed E-state index contributed by atoms with van der Waals surface area (Å²) < 4.78 is 0. The predicted octanol–water partition coefficient (Wildman–Crippen LogP) is 6.34. The van der Waals surface area contributed by atoms with Crippen molar-refractivity contribution in [2.75, 3.05) is 6.61 Å². The molecule has 6 rings (SSSR count). The summed E-state index contributed by atoms with van der Waals surface area (Å²) in [4.78, 5) is 12.3. The molecule has 0 spiro atoms. The van der Waals surface area contributed by atoms with Gasteiger partial charge in [-0.05, 0) is 103 Å². The van der Waals surface area contributed by atoms with Crippen molar-refractivity contribution in [3.05, 3.63) is 83.5 Å². The van der Waals surface area contributed by atoms with E-state index in [9.17, 15) is 15.0 Å². The SMILES string of the molecule is C[C@]12C[C@H](c3ccc(-c4ccc(C#N)cc4)cc3)[C@H]3[C@@H](CCC4=CC(=O)CC[C@@H]43)[C@H]1CC[C@]2(O)/C=C/CO. The summed E-state index contributed by atoms with van der Waals surface area (Å²) in [7, 11) is 0.